The molecule has 9 nitrogen and oxygen atoms in total. The molecule has 1 unspecified atom stereocenters. The molecule has 1 saturated heterocycles. The van der Waals surface area contributed by atoms with E-state index in [1.54, 1.807) is 6.20 Å². The number of H-pyrrole nitrogens is 1. The first kappa shape index (κ1) is 18.4. The van der Waals surface area contributed by atoms with Crippen molar-refractivity contribution in [2.24, 2.45) is 0 Å². The first-order valence-electron chi connectivity index (χ1n) is 10.1. The van der Waals surface area contributed by atoms with E-state index < -0.39 is 6.09 Å². The van der Waals surface area contributed by atoms with E-state index in [-0.39, 0.29) is 5.92 Å². The van der Waals surface area contributed by atoms with Crippen LogP contribution in [-0.4, -0.2) is 53.9 Å². The van der Waals surface area contributed by atoms with Crippen molar-refractivity contribution < 1.29 is 9.90 Å². The van der Waals surface area contributed by atoms with Gasteiger partial charge >= 0.3 is 6.09 Å². The van der Waals surface area contributed by atoms with Crippen molar-refractivity contribution in [2.45, 2.75) is 32.2 Å². The number of nitrogens with two attached hydrogens (primary N) is 1. The fraction of sp³-hybridized carbons (Fsp3) is 0.333. The molecule has 4 aromatic rings. The molecule has 9 heteroatoms. The zero-order chi connectivity index (χ0) is 20.8. The van der Waals surface area contributed by atoms with Crippen LogP contribution in [0.4, 0.5) is 10.6 Å². The lowest BCUT2D eigenvalue weighted by Gasteiger charge is -2.30. The molecule has 0 aliphatic carbocycles. The molecule has 4 heterocycles. The monoisotopic (exact) mass is 405 g/mol. The molecule has 1 aliphatic rings. The van der Waals surface area contributed by atoms with Gasteiger partial charge in [0.1, 0.15) is 11.3 Å². The zero-order valence-corrected chi connectivity index (χ0v) is 16.7. The molecule has 0 radical (unpaired) electrons. The summed E-state index contributed by atoms with van der Waals surface area (Å²) in [7, 11) is 0. The summed E-state index contributed by atoms with van der Waals surface area (Å²) in [6, 6.07) is 7.99. The number of rotatable bonds is 3. The number of imidazole rings is 1. The number of likely N-dealkylation sites (tertiary alicyclic amines) is 1. The maximum absolute atomic E-state index is 11.5. The van der Waals surface area contributed by atoms with Crippen LogP contribution in [-0.2, 0) is 6.54 Å². The number of pyridine rings is 1. The predicted octanol–water partition coefficient (Wildman–Crippen LogP) is 3.43. The minimum atomic E-state index is -0.878. The maximum Gasteiger partial charge on any atom is 0.407 e. The van der Waals surface area contributed by atoms with Crippen LogP contribution < -0.4 is 5.73 Å². The minimum Gasteiger partial charge on any atom is -0.465 e. The first-order chi connectivity index (χ1) is 14.6. The Morgan fingerprint density at radius 1 is 1.33 bits per heavy atom. The third-order valence-electron chi connectivity index (χ3n) is 5.92. The van der Waals surface area contributed by atoms with Gasteiger partial charge in [0.05, 0.1) is 16.7 Å². The average Bonchev–Trinajstić information content (AvgIpc) is 3.42. The summed E-state index contributed by atoms with van der Waals surface area (Å²) in [6.07, 6.45) is 2.57. The van der Waals surface area contributed by atoms with Crippen molar-refractivity contribution in [3.63, 3.8) is 0 Å². The number of nitrogen functional groups attached to an aromatic ring is 1. The van der Waals surface area contributed by atoms with Gasteiger partial charge in [-0.25, -0.2) is 14.8 Å². The molecule has 154 valence electrons. The highest BCUT2D eigenvalue weighted by molar-refractivity contribution is 6.07. The molecule has 1 atom stereocenters. The number of hydrogen-bond donors (Lipinski definition) is 3. The second kappa shape index (κ2) is 7.01. The molecule has 1 aromatic carbocycles. The number of nitrogens with one attached hydrogen (secondary N) is 1. The minimum absolute atomic E-state index is 0.0425. The third-order valence-corrected chi connectivity index (χ3v) is 5.92. The van der Waals surface area contributed by atoms with Crippen molar-refractivity contribution in [1.82, 2.24) is 29.6 Å². The molecule has 1 aliphatic heterocycles. The standard InChI is InChI=1S/C21H23N7O2/c1-2-28-18-14-6-5-12(15-7-8-23-26-15)10-16(14)24-19(22)17(18)25-20(28)13-4-3-9-27(11-13)21(29)30/h5-8,10,13H,2-4,9,11H2,1H3,(H2,22,24)(H,23,26)(H,29,30). The quantitative estimate of drug-likeness (QED) is 0.479. The summed E-state index contributed by atoms with van der Waals surface area (Å²) < 4.78 is 2.17. The van der Waals surface area contributed by atoms with Gasteiger partial charge in [0, 0.05) is 42.7 Å². The Bertz CT molecular complexity index is 1250. The molecular formula is C21H23N7O2. The smallest absolute Gasteiger partial charge is 0.407 e. The number of anilines is 1. The van der Waals surface area contributed by atoms with Gasteiger partial charge < -0.3 is 20.3 Å². The van der Waals surface area contributed by atoms with Crippen molar-refractivity contribution >= 4 is 33.8 Å². The molecule has 0 spiro atoms. The van der Waals surface area contributed by atoms with E-state index >= 15 is 0 Å². The Morgan fingerprint density at radius 2 is 2.20 bits per heavy atom. The Labute approximate surface area is 172 Å². The van der Waals surface area contributed by atoms with Crippen molar-refractivity contribution in [1.29, 1.82) is 0 Å². The first-order valence-corrected chi connectivity index (χ1v) is 10.1. The van der Waals surface area contributed by atoms with Crippen molar-refractivity contribution in [2.75, 3.05) is 18.8 Å². The fourth-order valence-corrected chi connectivity index (χ4v) is 4.51. The van der Waals surface area contributed by atoms with Crippen LogP contribution in [0.3, 0.4) is 0 Å². The highest BCUT2D eigenvalue weighted by Gasteiger charge is 2.29. The number of carbonyl (C=O) groups is 1. The van der Waals surface area contributed by atoms with Crippen LogP contribution in [0.5, 0.6) is 0 Å². The highest BCUT2D eigenvalue weighted by atomic mass is 16.4. The lowest BCUT2D eigenvalue weighted by Crippen LogP contribution is -2.38. The van der Waals surface area contributed by atoms with E-state index in [2.05, 4.69) is 26.7 Å². The van der Waals surface area contributed by atoms with E-state index in [9.17, 15) is 9.90 Å². The summed E-state index contributed by atoms with van der Waals surface area (Å²) in [4.78, 5) is 22.4. The molecule has 0 bridgehead atoms. The SMILES string of the molecule is CCn1c(C2CCCN(C(=O)O)C2)nc2c(N)nc3cc(-c4ccn[nH]4)ccc3c21. The van der Waals surface area contributed by atoms with Crippen LogP contribution in [0.2, 0.25) is 0 Å². The van der Waals surface area contributed by atoms with Gasteiger partial charge in [-0.2, -0.15) is 5.10 Å². The van der Waals surface area contributed by atoms with Gasteiger partial charge in [-0.15, -0.1) is 0 Å². The number of hydrogen-bond acceptors (Lipinski definition) is 5. The number of aromatic amines is 1. The Balaban J connectivity index is 1.68. The third kappa shape index (κ3) is 2.85. The van der Waals surface area contributed by atoms with Gasteiger partial charge in [0.25, 0.3) is 0 Å². The maximum atomic E-state index is 11.5. The van der Waals surface area contributed by atoms with E-state index in [1.807, 2.05) is 24.3 Å². The zero-order valence-electron chi connectivity index (χ0n) is 16.7. The van der Waals surface area contributed by atoms with Crippen molar-refractivity contribution in [3.05, 3.63) is 36.3 Å². The van der Waals surface area contributed by atoms with Gasteiger partial charge in [-0.3, -0.25) is 5.10 Å². The predicted molar refractivity (Wildman–Crippen MR) is 114 cm³/mol. The lowest BCUT2D eigenvalue weighted by molar-refractivity contribution is 0.129. The van der Waals surface area contributed by atoms with E-state index in [1.165, 1.54) is 4.90 Å². The number of benzene rings is 1. The number of nitrogens with zero attached hydrogens (tertiary/aromatic N) is 5. The molecule has 1 fully saturated rings. The fourth-order valence-electron chi connectivity index (χ4n) is 4.51. The number of piperidine rings is 1. The molecule has 4 N–H and O–H groups in total. The molecule has 0 saturated carbocycles. The highest BCUT2D eigenvalue weighted by Crippen LogP contribution is 2.35. The number of aryl methyl sites for hydroxylation is 1. The van der Waals surface area contributed by atoms with Gasteiger partial charge in [0.15, 0.2) is 5.82 Å². The van der Waals surface area contributed by atoms with Gasteiger partial charge in [-0.05, 0) is 38.0 Å². The average molecular weight is 405 g/mol. The lowest BCUT2D eigenvalue weighted by atomic mass is 9.97. The van der Waals surface area contributed by atoms with Crippen molar-refractivity contribution in [3.8, 4) is 11.3 Å². The van der Waals surface area contributed by atoms with Crippen LogP contribution >= 0.6 is 0 Å². The summed E-state index contributed by atoms with van der Waals surface area (Å²) in [6.45, 7) is 3.81. The van der Waals surface area contributed by atoms with E-state index in [0.717, 1.165) is 52.9 Å². The second-order valence-electron chi connectivity index (χ2n) is 7.68. The Kier molecular flexibility index (Phi) is 4.30. The largest absolute Gasteiger partial charge is 0.465 e. The summed E-state index contributed by atoms with van der Waals surface area (Å²) in [5.41, 5.74) is 10.7. The molecule has 30 heavy (non-hydrogen) atoms. The number of aromatic nitrogens is 5. The molecule has 3 aromatic heterocycles. The van der Waals surface area contributed by atoms with E-state index in [4.69, 9.17) is 10.7 Å². The summed E-state index contributed by atoms with van der Waals surface area (Å²) in [5.74, 6) is 1.32. The Hall–Kier alpha value is -3.62. The van der Waals surface area contributed by atoms with Gasteiger partial charge in [0.2, 0.25) is 0 Å². The summed E-state index contributed by atoms with van der Waals surface area (Å²) >= 11 is 0. The number of fused-ring (bicyclic) bond motifs is 3. The number of amides is 1. The second-order valence-corrected chi connectivity index (χ2v) is 7.68. The van der Waals surface area contributed by atoms with Gasteiger partial charge in [-0.1, -0.05) is 6.07 Å². The van der Waals surface area contributed by atoms with Crippen LogP contribution in [0, 0.1) is 0 Å². The molecular weight excluding hydrogens is 382 g/mol. The van der Waals surface area contributed by atoms with Crippen LogP contribution in [0.25, 0.3) is 33.2 Å². The number of carboxylic acid groups (broad SMARTS) is 1. The van der Waals surface area contributed by atoms with Crippen LogP contribution in [0.1, 0.15) is 31.5 Å². The van der Waals surface area contributed by atoms with E-state index in [0.29, 0.717) is 24.4 Å². The Morgan fingerprint density at radius 3 is 2.93 bits per heavy atom. The van der Waals surface area contributed by atoms with Crippen LogP contribution in [0.15, 0.2) is 30.5 Å². The molecule has 5 rings (SSSR count). The topological polar surface area (TPSA) is 126 Å². The molecule has 1 amide bonds. The summed E-state index contributed by atoms with van der Waals surface area (Å²) in [5, 5.41) is 17.4. The normalized spacial score (nSPS) is 17.1.